The van der Waals surface area contributed by atoms with Crippen LogP contribution in [0, 0.1) is 13.8 Å². The summed E-state index contributed by atoms with van der Waals surface area (Å²) in [4.78, 5) is 12.2. The summed E-state index contributed by atoms with van der Waals surface area (Å²) in [6.45, 7) is 3.67. The quantitative estimate of drug-likeness (QED) is 0.682. The van der Waals surface area contributed by atoms with Gasteiger partial charge in [-0.25, -0.2) is 4.63 Å². The number of nitrogens with one attached hydrogen (secondary N) is 1. The lowest BCUT2D eigenvalue weighted by molar-refractivity contribution is -0.118. The number of rotatable bonds is 5. The number of anilines is 1. The van der Waals surface area contributed by atoms with Crippen molar-refractivity contribution >= 4 is 34.9 Å². The number of ether oxygens (including phenoxy) is 1. The van der Waals surface area contributed by atoms with Crippen molar-refractivity contribution in [1.82, 2.24) is 10.3 Å². The van der Waals surface area contributed by atoms with E-state index < -0.39 is 5.91 Å². The predicted octanol–water partition coefficient (Wildman–Crippen LogP) is 4.68. The smallest absolute Gasteiger partial charge is 0.263 e. The first-order valence-corrected chi connectivity index (χ1v) is 8.47. The molecule has 0 unspecified atom stereocenters. The maximum absolute atomic E-state index is 12.2. The van der Waals surface area contributed by atoms with E-state index in [-0.39, 0.29) is 12.4 Å². The molecule has 0 saturated carbocycles. The van der Waals surface area contributed by atoms with E-state index in [4.69, 9.17) is 32.6 Å². The number of amides is 1. The van der Waals surface area contributed by atoms with Crippen molar-refractivity contribution in [1.29, 1.82) is 0 Å². The van der Waals surface area contributed by atoms with Crippen LogP contribution in [0.2, 0.25) is 10.0 Å². The van der Waals surface area contributed by atoms with E-state index in [9.17, 15) is 4.79 Å². The number of benzene rings is 2. The number of nitrogens with zero attached hydrogens (tertiary/aromatic N) is 2. The Labute approximate surface area is 160 Å². The van der Waals surface area contributed by atoms with Gasteiger partial charge in [0.1, 0.15) is 5.75 Å². The molecule has 0 radical (unpaired) electrons. The number of carbonyl (C=O) groups is 1. The van der Waals surface area contributed by atoms with Crippen LogP contribution in [-0.4, -0.2) is 22.8 Å². The normalized spacial score (nSPS) is 10.6. The fourth-order valence-electron chi connectivity index (χ4n) is 2.34. The van der Waals surface area contributed by atoms with Crippen molar-refractivity contribution < 1.29 is 14.2 Å². The molecule has 1 amide bonds. The molecule has 3 rings (SSSR count). The minimum absolute atomic E-state index is 0.231. The molecular weight excluding hydrogens is 377 g/mol. The molecule has 0 spiro atoms. The summed E-state index contributed by atoms with van der Waals surface area (Å²) in [5.74, 6) is 0.173. The monoisotopic (exact) mass is 391 g/mol. The van der Waals surface area contributed by atoms with Gasteiger partial charge < -0.3 is 10.1 Å². The highest BCUT2D eigenvalue weighted by Gasteiger charge is 2.17. The molecule has 2 aromatic carbocycles. The Hall–Kier alpha value is -2.57. The number of halogens is 2. The van der Waals surface area contributed by atoms with Crippen LogP contribution in [0.15, 0.2) is 41.0 Å². The molecule has 26 heavy (non-hydrogen) atoms. The van der Waals surface area contributed by atoms with Crippen LogP contribution < -0.4 is 10.1 Å². The molecule has 0 aliphatic carbocycles. The second-order valence-corrected chi connectivity index (χ2v) is 6.54. The van der Waals surface area contributed by atoms with Crippen LogP contribution >= 0.6 is 23.2 Å². The highest BCUT2D eigenvalue weighted by Crippen LogP contribution is 2.29. The molecule has 0 fully saturated rings. The zero-order valence-corrected chi connectivity index (χ0v) is 15.6. The third kappa shape index (κ3) is 4.15. The van der Waals surface area contributed by atoms with Gasteiger partial charge in [0.2, 0.25) is 5.82 Å². The third-order valence-electron chi connectivity index (χ3n) is 3.65. The van der Waals surface area contributed by atoms with Gasteiger partial charge in [-0.05, 0) is 54.0 Å². The number of hydrogen-bond donors (Lipinski definition) is 1. The highest BCUT2D eigenvalue weighted by molar-refractivity contribution is 6.35. The van der Waals surface area contributed by atoms with Gasteiger partial charge >= 0.3 is 0 Å². The summed E-state index contributed by atoms with van der Waals surface area (Å²) < 4.78 is 10.2. The lowest BCUT2D eigenvalue weighted by Crippen LogP contribution is -2.20. The van der Waals surface area contributed by atoms with Crippen LogP contribution in [0.4, 0.5) is 5.82 Å². The summed E-state index contributed by atoms with van der Waals surface area (Å²) in [7, 11) is 0. The van der Waals surface area contributed by atoms with Gasteiger partial charge in [0, 0.05) is 10.6 Å². The highest BCUT2D eigenvalue weighted by atomic mass is 35.5. The molecule has 0 bridgehead atoms. The zero-order chi connectivity index (χ0) is 18.7. The summed E-state index contributed by atoms with van der Waals surface area (Å²) in [5, 5.41) is 11.1. The number of aromatic nitrogens is 2. The summed E-state index contributed by atoms with van der Waals surface area (Å²) in [5.41, 5.74) is 3.35. The molecule has 3 aromatic rings. The van der Waals surface area contributed by atoms with E-state index in [2.05, 4.69) is 15.6 Å². The van der Waals surface area contributed by atoms with Crippen molar-refractivity contribution in [2.24, 2.45) is 0 Å². The summed E-state index contributed by atoms with van der Waals surface area (Å²) in [6.07, 6.45) is 0. The molecule has 1 N–H and O–H groups in total. The molecule has 8 heteroatoms. The van der Waals surface area contributed by atoms with Crippen LogP contribution in [0.3, 0.4) is 0 Å². The van der Waals surface area contributed by atoms with Crippen molar-refractivity contribution in [3.8, 4) is 17.0 Å². The molecule has 134 valence electrons. The maximum atomic E-state index is 12.2. The first-order valence-electron chi connectivity index (χ1n) is 7.72. The van der Waals surface area contributed by atoms with Crippen molar-refractivity contribution in [2.75, 3.05) is 11.9 Å². The average Bonchev–Trinajstić information content (AvgIpc) is 3.04. The van der Waals surface area contributed by atoms with Crippen molar-refractivity contribution in [3.05, 3.63) is 57.6 Å². The molecule has 1 aromatic heterocycles. The Kier molecular flexibility index (Phi) is 5.44. The van der Waals surface area contributed by atoms with E-state index in [1.54, 1.807) is 12.1 Å². The van der Waals surface area contributed by atoms with E-state index in [0.29, 0.717) is 21.5 Å². The van der Waals surface area contributed by atoms with Crippen LogP contribution in [0.1, 0.15) is 11.1 Å². The Morgan fingerprint density at radius 1 is 1.15 bits per heavy atom. The molecule has 1 heterocycles. The molecular formula is C18H15Cl2N3O3. The summed E-state index contributed by atoms with van der Waals surface area (Å²) in [6, 6.07) is 10.7. The summed E-state index contributed by atoms with van der Waals surface area (Å²) >= 11 is 11.8. The molecule has 0 atom stereocenters. The minimum atomic E-state index is -0.418. The average molecular weight is 392 g/mol. The molecule has 0 aliphatic heterocycles. The minimum Gasteiger partial charge on any atom is -0.482 e. The molecule has 0 aliphatic rings. The molecule has 6 nitrogen and oxygen atoms in total. The Morgan fingerprint density at radius 2 is 1.96 bits per heavy atom. The number of carbonyl (C=O) groups excluding carboxylic acids is 1. The van der Waals surface area contributed by atoms with Gasteiger partial charge in [0.25, 0.3) is 5.91 Å². The largest absolute Gasteiger partial charge is 0.482 e. The second kappa shape index (κ2) is 7.76. The second-order valence-electron chi connectivity index (χ2n) is 5.69. The zero-order valence-electron chi connectivity index (χ0n) is 14.0. The lowest BCUT2D eigenvalue weighted by Gasteiger charge is -2.09. The topological polar surface area (TPSA) is 77.3 Å². The van der Waals surface area contributed by atoms with Gasteiger partial charge in [0.15, 0.2) is 12.3 Å². The number of aryl methyl sites for hydroxylation is 2. The lowest BCUT2D eigenvalue weighted by atomic mass is 10.0. The van der Waals surface area contributed by atoms with Gasteiger partial charge in [-0.3, -0.25) is 4.79 Å². The van der Waals surface area contributed by atoms with E-state index in [1.165, 1.54) is 6.07 Å². The van der Waals surface area contributed by atoms with Crippen molar-refractivity contribution in [3.63, 3.8) is 0 Å². The Morgan fingerprint density at radius 3 is 2.73 bits per heavy atom. The standard InChI is InChI=1S/C18H15Cl2N3O3/c1-10-3-4-11(2)13(7-10)17-18(23-26-22-17)21-16(24)9-25-15-6-5-12(19)8-14(15)20/h3-8H,9H2,1-2H3,(H,21,23,24). The van der Waals surface area contributed by atoms with Gasteiger partial charge in [0.05, 0.1) is 5.02 Å². The predicted molar refractivity (Wildman–Crippen MR) is 99.8 cm³/mol. The maximum Gasteiger partial charge on any atom is 0.263 e. The van der Waals surface area contributed by atoms with E-state index in [0.717, 1.165) is 16.7 Å². The SMILES string of the molecule is Cc1ccc(C)c(-c2nonc2NC(=O)COc2ccc(Cl)cc2Cl)c1. The fraction of sp³-hybridized carbons (Fsp3) is 0.167. The van der Waals surface area contributed by atoms with Crippen LogP contribution in [-0.2, 0) is 4.79 Å². The van der Waals surface area contributed by atoms with Gasteiger partial charge in [-0.1, -0.05) is 40.9 Å². The Bertz CT molecular complexity index is 957. The first-order chi connectivity index (χ1) is 12.4. The first kappa shape index (κ1) is 18.2. The Balaban J connectivity index is 1.71. The van der Waals surface area contributed by atoms with E-state index >= 15 is 0 Å². The number of hydrogen-bond acceptors (Lipinski definition) is 5. The van der Waals surface area contributed by atoms with Gasteiger partial charge in [-0.2, -0.15) is 0 Å². The van der Waals surface area contributed by atoms with Crippen LogP contribution in [0.5, 0.6) is 5.75 Å². The van der Waals surface area contributed by atoms with Crippen LogP contribution in [0.25, 0.3) is 11.3 Å². The van der Waals surface area contributed by atoms with Crippen molar-refractivity contribution in [2.45, 2.75) is 13.8 Å². The van der Waals surface area contributed by atoms with E-state index in [1.807, 2.05) is 32.0 Å². The fourth-order valence-corrected chi connectivity index (χ4v) is 2.81. The van der Waals surface area contributed by atoms with Gasteiger partial charge in [-0.15, -0.1) is 0 Å². The molecule has 0 saturated heterocycles. The third-order valence-corrected chi connectivity index (χ3v) is 4.18.